The Morgan fingerprint density at radius 2 is 1.91 bits per heavy atom. The van der Waals surface area contributed by atoms with Crippen LogP contribution >= 0.6 is 0 Å². The fraction of sp³-hybridized carbons (Fsp3) is 0.391. The monoisotopic (exact) mass is 443 g/mol. The number of pyridine rings is 1. The second-order valence-corrected chi connectivity index (χ2v) is 7.76. The molecule has 1 aliphatic carbocycles. The van der Waals surface area contributed by atoms with Gasteiger partial charge in [-0.3, -0.25) is 14.4 Å². The van der Waals surface area contributed by atoms with Gasteiger partial charge in [0.2, 0.25) is 11.8 Å². The molecule has 2 aromatic rings. The molecule has 9 heteroatoms. The van der Waals surface area contributed by atoms with E-state index in [4.69, 9.17) is 9.47 Å². The molecule has 2 N–H and O–H groups in total. The third-order valence-corrected chi connectivity index (χ3v) is 5.28. The fourth-order valence-electron chi connectivity index (χ4n) is 3.91. The van der Waals surface area contributed by atoms with Crippen molar-refractivity contribution >= 4 is 23.6 Å². The van der Waals surface area contributed by atoms with Crippen molar-refractivity contribution in [3.05, 3.63) is 36.3 Å². The number of hydrogen-bond acceptors (Lipinski definition) is 6. The number of halogens is 1. The number of rotatable bonds is 6. The summed E-state index contributed by atoms with van der Waals surface area (Å²) < 4.78 is 25.0. The van der Waals surface area contributed by atoms with E-state index >= 15 is 0 Å². The number of hydrogen-bond donors (Lipinski definition) is 2. The summed E-state index contributed by atoms with van der Waals surface area (Å²) in [6.45, 7) is 2.74. The van der Waals surface area contributed by atoms with E-state index in [1.54, 1.807) is 6.07 Å². The van der Waals surface area contributed by atoms with Crippen molar-refractivity contribution < 1.29 is 28.2 Å². The minimum Gasteiger partial charge on any atom is -0.496 e. The first-order valence-corrected chi connectivity index (χ1v) is 10.4. The number of esters is 1. The van der Waals surface area contributed by atoms with E-state index in [0.717, 1.165) is 19.0 Å². The smallest absolute Gasteiger partial charge is 0.308 e. The summed E-state index contributed by atoms with van der Waals surface area (Å²) >= 11 is 0. The first kappa shape index (κ1) is 23.2. The zero-order valence-corrected chi connectivity index (χ0v) is 18.2. The minimum atomic E-state index is -0.593. The third-order valence-electron chi connectivity index (χ3n) is 5.28. The number of amides is 2. The van der Waals surface area contributed by atoms with Gasteiger partial charge < -0.3 is 20.1 Å². The van der Waals surface area contributed by atoms with Gasteiger partial charge in [-0.2, -0.15) is 0 Å². The van der Waals surface area contributed by atoms with Crippen LogP contribution in [0.3, 0.4) is 0 Å². The SMILES string of the molecule is COc1cc(OC(C)=O)ccc1-c1cc(NC(=O)[C@H]2CCC[C@@H](NC(C)=O)C2)ncc1F. The molecule has 170 valence electrons. The van der Waals surface area contributed by atoms with Gasteiger partial charge >= 0.3 is 5.97 Å². The Morgan fingerprint density at radius 1 is 1.12 bits per heavy atom. The normalized spacial score (nSPS) is 17.9. The van der Waals surface area contributed by atoms with Crippen molar-refractivity contribution in [2.45, 2.75) is 45.6 Å². The van der Waals surface area contributed by atoms with Gasteiger partial charge in [0, 0.05) is 43.0 Å². The Labute approximate surface area is 185 Å². The molecule has 2 amide bonds. The molecule has 0 aliphatic heterocycles. The van der Waals surface area contributed by atoms with Crippen LogP contribution in [0.2, 0.25) is 0 Å². The lowest BCUT2D eigenvalue weighted by Crippen LogP contribution is -2.40. The van der Waals surface area contributed by atoms with Crippen molar-refractivity contribution in [3.63, 3.8) is 0 Å². The molecular weight excluding hydrogens is 417 g/mol. The predicted octanol–water partition coefficient (Wildman–Crippen LogP) is 3.46. The Morgan fingerprint density at radius 3 is 2.59 bits per heavy atom. The van der Waals surface area contributed by atoms with E-state index in [2.05, 4.69) is 15.6 Å². The first-order chi connectivity index (χ1) is 15.3. The molecule has 0 saturated heterocycles. The number of methoxy groups -OCH3 is 1. The zero-order valence-electron chi connectivity index (χ0n) is 18.2. The average molecular weight is 443 g/mol. The molecule has 1 fully saturated rings. The van der Waals surface area contributed by atoms with Gasteiger partial charge in [0.05, 0.1) is 13.3 Å². The van der Waals surface area contributed by atoms with Gasteiger partial charge in [-0.25, -0.2) is 9.37 Å². The van der Waals surface area contributed by atoms with E-state index in [0.29, 0.717) is 24.2 Å². The molecule has 1 saturated carbocycles. The van der Waals surface area contributed by atoms with Crippen LogP contribution < -0.4 is 20.1 Å². The lowest BCUT2D eigenvalue weighted by atomic mass is 9.85. The summed E-state index contributed by atoms with van der Waals surface area (Å²) in [5, 5.41) is 5.63. The number of anilines is 1. The minimum absolute atomic E-state index is 0.0336. The predicted molar refractivity (Wildman–Crippen MR) is 116 cm³/mol. The lowest BCUT2D eigenvalue weighted by Gasteiger charge is -2.28. The maximum atomic E-state index is 14.6. The summed E-state index contributed by atoms with van der Waals surface area (Å²) in [7, 11) is 1.42. The Kier molecular flexibility index (Phi) is 7.40. The van der Waals surface area contributed by atoms with E-state index in [9.17, 15) is 18.8 Å². The van der Waals surface area contributed by atoms with Crippen LogP contribution in [0.5, 0.6) is 11.5 Å². The van der Waals surface area contributed by atoms with Gasteiger partial charge in [0.15, 0.2) is 0 Å². The van der Waals surface area contributed by atoms with Crippen molar-refractivity contribution in [1.82, 2.24) is 10.3 Å². The summed E-state index contributed by atoms with van der Waals surface area (Å²) in [4.78, 5) is 39.3. The molecule has 1 heterocycles. The maximum Gasteiger partial charge on any atom is 0.308 e. The van der Waals surface area contributed by atoms with Crippen molar-refractivity contribution in [2.75, 3.05) is 12.4 Å². The molecule has 8 nitrogen and oxygen atoms in total. The number of nitrogens with one attached hydrogen (secondary N) is 2. The summed E-state index contributed by atoms with van der Waals surface area (Å²) in [6, 6.07) is 5.99. The van der Waals surface area contributed by atoms with Crippen LogP contribution in [0, 0.1) is 11.7 Å². The first-order valence-electron chi connectivity index (χ1n) is 10.4. The Balaban J connectivity index is 1.79. The molecule has 0 radical (unpaired) electrons. The van der Waals surface area contributed by atoms with Crippen LogP contribution in [-0.4, -0.2) is 35.9 Å². The van der Waals surface area contributed by atoms with Crippen molar-refractivity contribution in [2.24, 2.45) is 5.92 Å². The van der Waals surface area contributed by atoms with Gasteiger partial charge in [-0.05, 0) is 37.5 Å². The summed E-state index contributed by atoms with van der Waals surface area (Å²) in [5.74, 6) is -0.901. The topological polar surface area (TPSA) is 107 Å². The number of carbonyl (C=O) groups excluding carboxylic acids is 3. The van der Waals surface area contributed by atoms with E-state index in [-0.39, 0.29) is 40.9 Å². The molecule has 0 unspecified atom stereocenters. The molecule has 1 aromatic heterocycles. The highest BCUT2D eigenvalue weighted by Gasteiger charge is 2.28. The molecule has 32 heavy (non-hydrogen) atoms. The highest BCUT2D eigenvalue weighted by molar-refractivity contribution is 5.92. The molecule has 1 aromatic carbocycles. The van der Waals surface area contributed by atoms with E-state index in [1.165, 1.54) is 39.2 Å². The number of carbonyl (C=O) groups is 3. The van der Waals surface area contributed by atoms with Gasteiger partial charge in [0.1, 0.15) is 23.1 Å². The molecule has 1 aliphatic rings. The third kappa shape index (κ3) is 5.81. The highest BCUT2D eigenvalue weighted by atomic mass is 19.1. The van der Waals surface area contributed by atoms with Crippen LogP contribution in [0.25, 0.3) is 11.1 Å². The van der Waals surface area contributed by atoms with Crippen LogP contribution in [-0.2, 0) is 14.4 Å². The standard InChI is InChI=1S/C23H26FN3O5/c1-13(28)26-16-6-4-5-15(9-16)23(30)27-22-11-19(20(24)12-25-22)18-8-7-17(32-14(2)29)10-21(18)31-3/h7-8,10-12,15-16H,4-6,9H2,1-3H3,(H,26,28)(H,25,27,30)/t15-,16+/m0/s1. The largest absolute Gasteiger partial charge is 0.496 e. The lowest BCUT2D eigenvalue weighted by molar-refractivity contribution is -0.132. The second-order valence-electron chi connectivity index (χ2n) is 7.76. The number of aromatic nitrogens is 1. The van der Waals surface area contributed by atoms with E-state index < -0.39 is 11.8 Å². The molecule has 0 spiro atoms. The number of ether oxygens (including phenoxy) is 2. The van der Waals surface area contributed by atoms with Crippen LogP contribution in [0.15, 0.2) is 30.5 Å². The van der Waals surface area contributed by atoms with Crippen LogP contribution in [0.4, 0.5) is 10.2 Å². The highest BCUT2D eigenvalue weighted by Crippen LogP contribution is 2.36. The Bertz CT molecular complexity index is 1030. The number of nitrogens with zero attached hydrogens (tertiary/aromatic N) is 1. The zero-order chi connectivity index (χ0) is 23.3. The van der Waals surface area contributed by atoms with Gasteiger partial charge in [-0.15, -0.1) is 0 Å². The fourth-order valence-corrected chi connectivity index (χ4v) is 3.91. The van der Waals surface area contributed by atoms with Crippen LogP contribution in [0.1, 0.15) is 39.5 Å². The molecular formula is C23H26FN3O5. The average Bonchev–Trinajstić information content (AvgIpc) is 2.74. The maximum absolute atomic E-state index is 14.6. The van der Waals surface area contributed by atoms with Crippen molar-refractivity contribution in [3.8, 4) is 22.6 Å². The van der Waals surface area contributed by atoms with Gasteiger partial charge in [-0.1, -0.05) is 6.42 Å². The summed E-state index contributed by atoms with van der Waals surface area (Å²) in [6.07, 6.45) is 3.96. The quantitative estimate of drug-likeness (QED) is 0.523. The summed E-state index contributed by atoms with van der Waals surface area (Å²) in [5.41, 5.74) is 0.600. The molecule has 0 bridgehead atoms. The Hall–Kier alpha value is -3.49. The van der Waals surface area contributed by atoms with Gasteiger partial charge in [0.25, 0.3) is 0 Å². The molecule has 3 rings (SSSR count). The number of benzene rings is 1. The second kappa shape index (κ2) is 10.2. The van der Waals surface area contributed by atoms with E-state index in [1.807, 2.05) is 0 Å². The molecule has 2 atom stereocenters. The van der Waals surface area contributed by atoms with Crippen molar-refractivity contribution in [1.29, 1.82) is 0 Å².